The first kappa shape index (κ1) is 10.2. The largest absolute Gasteiger partial charge is 0.366 e. The number of nitrogens with zero attached hydrogens (tertiary/aromatic N) is 1. The monoisotopic (exact) mass is 213 g/mol. The first-order valence-corrected chi connectivity index (χ1v) is 4.83. The van der Waals surface area contributed by atoms with Crippen molar-refractivity contribution in [3.8, 4) is 11.3 Å². The van der Waals surface area contributed by atoms with Crippen LogP contribution < -0.4 is 5.73 Å². The number of amides is 1. The molecular weight excluding hydrogens is 202 g/mol. The Morgan fingerprint density at radius 2 is 2.06 bits per heavy atom. The summed E-state index contributed by atoms with van der Waals surface area (Å²) in [6.45, 7) is 0. The Bertz CT molecular complexity index is 514. The van der Waals surface area contributed by atoms with Crippen molar-refractivity contribution >= 4 is 12.0 Å². The number of hydrogen-bond donors (Lipinski definition) is 2. The van der Waals surface area contributed by atoms with Gasteiger partial charge in [0.25, 0.3) is 0 Å². The van der Waals surface area contributed by atoms with Gasteiger partial charge in [-0.25, -0.2) is 0 Å². The van der Waals surface area contributed by atoms with Gasteiger partial charge in [-0.15, -0.1) is 0 Å². The van der Waals surface area contributed by atoms with Gasteiger partial charge >= 0.3 is 0 Å². The zero-order chi connectivity index (χ0) is 11.4. The van der Waals surface area contributed by atoms with Crippen molar-refractivity contribution in [2.75, 3.05) is 0 Å². The Balaban J connectivity index is 2.37. The van der Waals surface area contributed by atoms with Crippen LogP contribution in [0, 0.1) is 0 Å². The molecule has 80 valence electrons. The van der Waals surface area contributed by atoms with E-state index >= 15 is 0 Å². The Kier molecular flexibility index (Phi) is 2.82. The van der Waals surface area contributed by atoms with Crippen LogP contribution in [0.1, 0.15) is 5.56 Å². The molecule has 4 heteroatoms. The van der Waals surface area contributed by atoms with Crippen LogP contribution in [0.2, 0.25) is 0 Å². The van der Waals surface area contributed by atoms with Gasteiger partial charge in [0, 0.05) is 17.2 Å². The maximum Gasteiger partial charge on any atom is 0.241 e. The van der Waals surface area contributed by atoms with E-state index < -0.39 is 5.91 Å². The van der Waals surface area contributed by atoms with E-state index in [0.29, 0.717) is 0 Å². The number of hydrogen-bond acceptors (Lipinski definition) is 2. The number of nitrogens with two attached hydrogens (primary N) is 1. The van der Waals surface area contributed by atoms with Crippen LogP contribution in [0.3, 0.4) is 0 Å². The van der Waals surface area contributed by atoms with Gasteiger partial charge in [0.2, 0.25) is 5.91 Å². The number of carbonyl (C=O) groups excluding carboxylic acids is 1. The molecule has 1 amide bonds. The van der Waals surface area contributed by atoms with E-state index in [4.69, 9.17) is 5.73 Å². The van der Waals surface area contributed by atoms with Crippen molar-refractivity contribution < 1.29 is 4.79 Å². The van der Waals surface area contributed by atoms with Gasteiger partial charge in [-0.3, -0.25) is 9.89 Å². The van der Waals surface area contributed by atoms with E-state index in [9.17, 15) is 4.79 Å². The molecule has 0 saturated carbocycles. The second-order valence-corrected chi connectivity index (χ2v) is 3.30. The molecule has 0 spiro atoms. The van der Waals surface area contributed by atoms with Gasteiger partial charge in [0.05, 0.1) is 11.9 Å². The molecule has 3 N–H and O–H groups in total. The highest BCUT2D eigenvalue weighted by Gasteiger charge is 2.04. The van der Waals surface area contributed by atoms with Gasteiger partial charge < -0.3 is 5.73 Å². The van der Waals surface area contributed by atoms with Crippen molar-refractivity contribution in [1.82, 2.24) is 10.2 Å². The van der Waals surface area contributed by atoms with E-state index in [0.717, 1.165) is 16.8 Å². The van der Waals surface area contributed by atoms with Crippen molar-refractivity contribution in [2.45, 2.75) is 0 Å². The molecule has 0 aliphatic heterocycles. The van der Waals surface area contributed by atoms with Gasteiger partial charge in [-0.05, 0) is 6.08 Å². The van der Waals surface area contributed by atoms with Crippen molar-refractivity contribution in [3.05, 3.63) is 48.2 Å². The number of H-pyrrole nitrogens is 1. The first-order chi connectivity index (χ1) is 7.77. The van der Waals surface area contributed by atoms with Gasteiger partial charge in [0.1, 0.15) is 0 Å². The second kappa shape index (κ2) is 4.44. The third-order valence-corrected chi connectivity index (χ3v) is 2.16. The van der Waals surface area contributed by atoms with Crippen molar-refractivity contribution in [1.29, 1.82) is 0 Å². The minimum absolute atomic E-state index is 0.472. The molecule has 0 atom stereocenters. The van der Waals surface area contributed by atoms with Crippen LogP contribution in [0.4, 0.5) is 0 Å². The molecular formula is C12H11N3O. The molecule has 16 heavy (non-hydrogen) atoms. The molecule has 0 saturated heterocycles. The predicted octanol–water partition coefficient (Wildman–Crippen LogP) is 1.58. The van der Waals surface area contributed by atoms with Crippen LogP contribution in [0.15, 0.2) is 42.6 Å². The number of benzene rings is 1. The summed E-state index contributed by atoms with van der Waals surface area (Å²) in [6, 6.07) is 9.76. The maximum absolute atomic E-state index is 10.6. The lowest BCUT2D eigenvalue weighted by Gasteiger charge is -1.98. The summed E-state index contributed by atoms with van der Waals surface area (Å²) in [6.07, 6.45) is 4.62. The Morgan fingerprint density at radius 3 is 2.75 bits per heavy atom. The lowest BCUT2D eigenvalue weighted by atomic mass is 10.1. The molecule has 1 aromatic heterocycles. The Labute approximate surface area is 92.8 Å². The minimum atomic E-state index is -0.472. The van der Waals surface area contributed by atoms with Crippen molar-refractivity contribution in [2.24, 2.45) is 5.73 Å². The lowest BCUT2D eigenvalue weighted by Crippen LogP contribution is -2.05. The number of carbonyl (C=O) groups is 1. The van der Waals surface area contributed by atoms with E-state index in [1.165, 1.54) is 6.08 Å². The smallest absolute Gasteiger partial charge is 0.241 e. The fourth-order valence-electron chi connectivity index (χ4n) is 1.43. The molecule has 1 heterocycles. The Morgan fingerprint density at radius 1 is 1.31 bits per heavy atom. The van der Waals surface area contributed by atoms with Crippen molar-refractivity contribution in [3.63, 3.8) is 0 Å². The van der Waals surface area contributed by atoms with Crippen LogP contribution in [0.25, 0.3) is 17.3 Å². The van der Waals surface area contributed by atoms with E-state index in [-0.39, 0.29) is 0 Å². The first-order valence-electron chi connectivity index (χ1n) is 4.83. The fourth-order valence-corrected chi connectivity index (χ4v) is 1.43. The fraction of sp³-hybridized carbons (Fsp3) is 0. The summed E-state index contributed by atoms with van der Waals surface area (Å²) < 4.78 is 0. The number of nitrogens with one attached hydrogen (secondary N) is 1. The second-order valence-electron chi connectivity index (χ2n) is 3.30. The average molecular weight is 213 g/mol. The summed E-state index contributed by atoms with van der Waals surface area (Å²) in [7, 11) is 0. The summed E-state index contributed by atoms with van der Waals surface area (Å²) in [5.41, 5.74) is 7.77. The zero-order valence-electron chi connectivity index (χ0n) is 8.55. The van der Waals surface area contributed by atoms with Crippen LogP contribution in [-0.2, 0) is 4.79 Å². The standard InChI is InChI=1S/C12H11N3O/c13-11(16)7-6-10-8-14-15-12(10)9-4-2-1-3-5-9/h1-8H,(H2,13,16)(H,14,15)/b7-6-. The highest BCUT2D eigenvalue weighted by molar-refractivity contribution is 5.91. The molecule has 0 aliphatic rings. The summed E-state index contributed by atoms with van der Waals surface area (Å²) in [5, 5.41) is 6.84. The Hall–Kier alpha value is -2.36. The normalized spacial score (nSPS) is 10.8. The molecule has 0 fully saturated rings. The highest BCUT2D eigenvalue weighted by Crippen LogP contribution is 2.21. The molecule has 2 aromatic rings. The quantitative estimate of drug-likeness (QED) is 0.760. The van der Waals surface area contributed by atoms with E-state index in [2.05, 4.69) is 10.2 Å². The summed E-state index contributed by atoms with van der Waals surface area (Å²) in [4.78, 5) is 10.6. The number of primary amides is 1. The highest BCUT2D eigenvalue weighted by atomic mass is 16.1. The maximum atomic E-state index is 10.6. The topological polar surface area (TPSA) is 71.8 Å². The lowest BCUT2D eigenvalue weighted by molar-refractivity contribution is -0.113. The SMILES string of the molecule is NC(=O)/C=C\c1cn[nH]c1-c1ccccc1. The third kappa shape index (κ3) is 2.17. The molecule has 0 radical (unpaired) electrons. The van der Waals surface area contributed by atoms with E-state index in [1.807, 2.05) is 30.3 Å². The predicted molar refractivity (Wildman–Crippen MR) is 62.3 cm³/mol. The summed E-state index contributed by atoms with van der Waals surface area (Å²) >= 11 is 0. The molecule has 0 bridgehead atoms. The van der Waals surface area contributed by atoms with Gasteiger partial charge in [0.15, 0.2) is 0 Å². The van der Waals surface area contributed by atoms with Gasteiger partial charge in [-0.2, -0.15) is 5.10 Å². The number of rotatable bonds is 3. The van der Waals surface area contributed by atoms with Gasteiger partial charge in [-0.1, -0.05) is 30.3 Å². The average Bonchev–Trinajstić information content (AvgIpc) is 2.75. The molecule has 1 aromatic carbocycles. The number of aromatic amines is 1. The molecule has 4 nitrogen and oxygen atoms in total. The zero-order valence-corrected chi connectivity index (χ0v) is 8.55. The third-order valence-electron chi connectivity index (χ3n) is 2.16. The molecule has 2 rings (SSSR count). The van der Waals surface area contributed by atoms with E-state index in [1.54, 1.807) is 12.3 Å². The minimum Gasteiger partial charge on any atom is -0.366 e. The van der Waals surface area contributed by atoms with Crippen LogP contribution in [-0.4, -0.2) is 16.1 Å². The van der Waals surface area contributed by atoms with Crippen LogP contribution in [0.5, 0.6) is 0 Å². The number of aromatic nitrogens is 2. The summed E-state index contributed by atoms with van der Waals surface area (Å²) in [5.74, 6) is -0.472. The molecule has 0 unspecified atom stereocenters. The molecule has 0 aliphatic carbocycles. The van der Waals surface area contributed by atoms with Crippen LogP contribution >= 0.6 is 0 Å².